The largest absolute Gasteiger partial charge is 0.310 e. The third-order valence-corrected chi connectivity index (χ3v) is 3.39. The molecule has 0 radical (unpaired) electrons. The first kappa shape index (κ1) is 13.5. The van der Waals surface area contributed by atoms with Gasteiger partial charge in [0.1, 0.15) is 5.82 Å². The summed E-state index contributed by atoms with van der Waals surface area (Å²) in [6, 6.07) is 5.72. The van der Waals surface area contributed by atoms with Crippen LogP contribution in [-0.2, 0) is 0 Å². The Kier molecular flexibility index (Phi) is 5.29. The first-order valence-electron chi connectivity index (χ1n) is 5.74. The number of hydrogen-bond donors (Lipinski definition) is 1. The van der Waals surface area contributed by atoms with Gasteiger partial charge in [0.15, 0.2) is 0 Å². The summed E-state index contributed by atoms with van der Waals surface area (Å²) in [6.45, 7) is 9.13. The average molecular weight is 241 g/mol. The van der Waals surface area contributed by atoms with E-state index in [9.17, 15) is 4.39 Å². The van der Waals surface area contributed by atoms with Crippen LogP contribution < -0.4 is 5.32 Å². The van der Waals surface area contributed by atoms with E-state index in [0.29, 0.717) is 5.25 Å². The Labute approximate surface area is 102 Å². The molecule has 1 aromatic carbocycles. The first-order valence-corrected chi connectivity index (χ1v) is 6.62. The summed E-state index contributed by atoms with van der Waals surface area (Å²) < 4.78 is 13.8. The molecule has 1 nitrogen and oxygen atoms in total. The van der Waals surface area contributed by atoms with Crippen molar-refractivity contribution in [2.24, 2.45) is 0 Å². The fourth-order valence-corrected chi connectivity index (χ4v) is 2.39. The van der Waals surface area contributed by atoms with Crippen molar-refractivity contribution >= 4 is 11.8 Å². The Morgan fingerprint density at radius 1 is 1.31 bits per heavy atom. The molecule has 0 aliphatic heterocycles. The van der Waals surface area contributed by atoms with E-state index in [0.717, 1.165) is 17.0 Å². The van der Waals surface area contributed by atoms with Gasteiger partial charge in [-0.15, -0.1) is 11.8 Å². The van der Waals surface area contributed by atoms with Gasteiger partial charge in [-0.2, -0.15) is 0 Å². The monoisotopic (exact) mass is 241 g/mol. The van der Waals surface area contributed by atoms with E-state index in [1.54, 1.807) is 17.8 Å². The van der Waals surface area contributed by atoms with Crippen LogP contribution in [0.1, 0.15) is 39.3 Å². The Morgan fingerprint density at radius 2 is 2.00 bits per heavy atom. The van der Waals surface area contributed by atoms with E-state index in [2.05, 4.69) is 26.1 Å². The predicted molar refractivity (Wildman–Crippen MR) is 69.5 cm³/mol. The zero-order valence-corrected chi connectivity index (χ0v) is 11.2. The van der Waals surface area contributed by atoms with Crippen LogP contribution in [-0.4, -0.2) is 11.8 Å². The minimum Gasteiger partial charge on any atom is -0.310 e. The molecular weight excluding hydrogens is 221 g/mol. The molecule has 0 saturated heterocycles. The lowest BCUT2D eigenvalue weighted by Crippen LogP contribution is -2.17. The summed E-state index contributed by atoms with van der Waals surface area (Å²) in [4.78, 5) is 0.738. The van der Waals surface area contributed by atoms with E-state index in [1.807, 2.05) is 19.1 Å². The topological polar surface area (TPSA) is 12.0 Å². The summed E-state index contributed by atoms with van der Waals surface area (Å²) in [7, 11) is 0. The Balaban J connectivity index is 2.82. The lowest BCUT2D eigenvalue weighted by molar-refractivity contribution is 0.572. The van der Waals surface area contributed by atoms with E-state index in [1.165, 1.54) is 0 Å². The Hall–Kier alpha value is -0.540. The number of hydrogen-bond acceptors (Lipinski definition) is 2. The Morgan fingerprint density at radius 3 is 2.50 bits per heavy atom. The zero-order chi connectivity index (χ0) is 12.1. The van der Waals surface area contributed by atoms with Crippen molar-refractivity contribution in [1.82, 2.24) is 5.32 Å². The van der Waals surface area contributed by atoms with Gasteiger partial charge in [-0.05, 0) is 31.2 Å². The first-order chi connectivity index (χ1) is 7.54. The maximum atomic E-state index is 13.8. The van der Waals surface area contributed by atoms with Crippen LogP contribution >= 0.6 is 11.8 Å². The second kappa shape index (κ2) is 6.26. The Bertz CT molecular complexity index is 339. The second-order valence-electron chi connectivity index (χ2n) is 4.14. The molecule has 90 valence electrons. The maximum absolute atomic E-state index is 13.8. The quantitative estimate of drug-likeness (QED) is 0.782. The van der Waals surface area contributed by atoms with Crippen molar-refractivity contribution in [3.63, 3.8) is 0 Å². The normalized spacial score (nSPS) is 13.1. The second-order valence-corrected chi connectivity index (χ2v) is 5.75. The van der Waals surface area contributed by atoms with Crippen LogP contribution in [0.3, 0.4) is 0 Å². The number of thioether (sulfide) groups is 1. The third kappa shape index (κ3) is 3.80. The van der Waals surface area contributed by atoms with Crippen molar-refractivity contribution < 1.29 is 4.39 Å². The summed E-state index contributed by atoms with van der Waals surface area (Å²) >= 11 is 1.56. The van der Waals surface area contributed by atoms with Crippen molar-refractivity contribution in [2.75, 3.05) is 6.54 Å². The smallest absolute Gasteiger partial charge is 0.137 e. The van der Waals surface area contributed by atoms with Gasteiger partial charge in [-0.1, -0.05) is 26.8 Å². The number of halogens is 1. The highest BCUT2D eigenvalue weighted by Gasteiger charge is 2.09. The molecule has 1 N–H and O–H groups in total. The fraction of sp³-hybridized carbons (Fsp3) is 0.538. The van der Waals surface area contributed by atoms with Gasteiger partial charge in [-0.3, -0.25) is 0 Å². The number of benzene rings is 1. The summed E-state index contributed by atoms with van der Waals surface area (Å²) in [5, 5.41) is 3.68. The van der Waals surface area contributed by atoms with Crippen LogP contribution in [0, 0.1) is 5.82 Å². The van der Waals surface area contributed by atoms with Crippen molar-refractivity contribution in [3.05, 3.63) is 29.6 Å². The van der Waals surface area contributed by atoms with Gasteiger partial charge in [0.25, 0.3) is 0 Å². The van der Waals surface area contributed by atoms with Gasteiger partial charge >= 0.3 is 0 Å². The van der Waals surface area contributed by atoms with Crippen LogP contribution in [0.15, 0.2) is 23.1 Å². The van der Waals surface area contributed by atoms with Gasteiger partial charge in [0, 0.05) is 16.2 Å². The van der Waals surface area contributed by atoms with Gasteiger partial charge in [0.2, 0.25) is 0 Å². The molecule has 1 rings (SSSR count). The molecular formula is C13H20FNS. The molecule has 0 heterocycles. The number of nitrogens with one attached hydrogen (secondary N) is 1. The molecule has 0 bridgehead atoms. The van der Waals surface area contributed by atoms with E-state index < -0.39 is 0 Å². The zero-order valence-electron chi connectivity index (χ0n) is 10.4. The fourth-order valence-electron chi connectivity index (χ4n) is 1.56. The highest BCUT2D eigenvalue weighted by molar-refractivity contribution is 7.99. The molecule has 0 fully saturated rings. The molecule has 16 heavy (non-hydrogen) atoms. The van der Waals surface area contributed by atoms with Crippen LogP contribution in [0.2, 0.25) is 0 Å². The van der Waals surface area contributed by atoms with Crippen LogP contribution in [0.5, 0.6) is 0 Å². The molecule has 0 amide bonds. The minimum absolute atomic E-state index is 0.110. The molecule has 0 aliphatic rings. The third-order valence-electron chi connectivity index (χ3n) is 2.33. The van der Waals surface area contributed by atoms with E-state index in [-0.39, 0.29) is 11.9 Å². The summed E-state index contributed by atoms with van der Waals surface area (Å²) in [6.07, 6.45) is 0. The molecule has 1 unspecified atom stereocenters. The molecule has 0 aliphatic carbocycles. The molecule has 1 aromatic rings. The molecule has 3 heteroatoms. The number of rotatable bonds is 5. The van der Waals surface area contributed by atoms with Gasteiger partial charge < -0.3 is 5.32 Å². The molecule has 0 saturated carbocycles. The SMILES string of the molecule is CCNC(C)c1ccc(SC(C)C)c(F)c1. The lowest BCUT2D eigenvalue weighted by atomic mass is 10.1. The predicted octanol–water partition coefficient (Wildman–Crippen LogP) is 4.00. The van der Waals surface area contributed by atoms with Crippen LogP contribution in [0.4, 0.5) is 4.39 Å². The minimum atomic E-state index is -0.110. The van der Waals surface area contributed by atoms with Crippen molar-refractivity contribution in [1.29, 1.82) is 0 Å². The molecule has 1 atom stereocenters. The summed E-state index contributed by atoms with van der Waals surface area (Å²) in [5.74, 6) is -0.110. The van der Waals surface area contributed by atoms with Gasteiger partial charge in [-0.25, -0.2) is 4.39 Å². The van der Waals surface area contributed by atoms with Gasteiger partial charge in [0.05, 0.1) is 0 Å². The molecule has 0 aromatic heterocycles. The van der Waals surface area contributed by atoms with E-state index >= 15 is 0 Å². The standard InChI is InChI=1S/C13H20FNS/c1-5-15-10(4)11-6-7-13(12(14)8-11)16-9(2)3/h6-10,15H,5H2,1-4H3. The molecule has 0 spiro atoms. The highest BCUT2D eigenvalue weighted by atomic mass is 32.2. The maximum Gasteiger partial charge on any atom is 0.137 e. The van der Waals surface area contributed by atoms with Crippen molar-refractivity contribution in [2.45, 2.75) is 43.9 Å². The lowest BCUT2D eigenvalue weighted by Gasteiger charge is -2.14. The van der Waals surface area contributed by atoms with E-state index in [4.69, 9.17) is 0 Å². The highest BCUT2D eigenvalue weighted by Crippen LogP contribution is 2.27. The van der Waals surface area contributed by atoms with Crippen LogP contribution in [0.25, 0.3) is 0 Å². The van der Waals surface area contributed by atoms with Crippen molar-refractivity contribution in [3.8, 4) is 0 Å². The average Bonchev–Trinajstić information content (AvgIpc) is 2.20. The summed E-state index contributed by atoms with van der Waals surface area (Å²) in [5.41, 5.74) is 1.01.